The van der Waals surface area contributed by atoms with Gasteiger partial charge in [0.25, 0.3) is 11.6 Å². The van der Waals surface area contributed by atoms with E-state index < -0.39 is 4.92 Å². The van der Waals surface area contributed by atoms with Gasteiger partial charge in [0.05, 0.1) is 4.92 Å². The fourth-order valence-corrected chi connectivity index (χ4v) is 2.19. The van der Waals surface area contributed by atoms with E-state index in [-0.39, 0.29) is 17.6 Å². The molecule has 1 N–H and O–H groups in total. The van der Waals surface area contributed by atoms with Crippen molar-refractivity contribution in [2.24, 2.45) is 0 Å². The summed E-state index contributed by atoms with van der Waals surface area (Å²) in [6.45, 7) is 3.82. The van der Waals surface area contributed by atoms with Gasteiger partial charge in [-0.05, 0) is 38.1 Å². The summed E-state index contributed by atoms with van der Waals surface area (Å²) in [5, 5.41) is 18.2. The van der Waals surface area contributed by atoms with Crippen LogP contribution in [-0.4, -0.2) is 26.1 Å². The summed E-state index contributed by atoms with van der Waals surface area (Å²) in [6.07, 6.45) is 1.63. The van der Waals surface area contributed by atoms with E-state index in [0.29, 0.717) is 22.8 Å². The van der Waals surface area contributed by atoms with Gasteiger partial charge in [-0.25, -0.2) is 0 Å². The standard InChI is InChI=1S/C16H15N5O3/c1-10(2)18-12-7-6-11(9-14(12)21(22)23)16-19-15(20-24-16)13-5-3-4-8-17-13/h3-10,18H,1-2H3. The highest BCUT2D eigenvalue weighted by Gasteiger charge is 2.19. The minimum absolute atomic E-state index is 0.0428. The Labute approximate surface area is 137 Å². The largest absolute Gasteiger partial charge is 0.377 e. The van der Waals surface area contributed by atoms with Gasteiger partial charge in [0.2, 0.25) is 5.82 Å². The zero-order chi connectivity index (χ0) is 17.1. The molecule has 0 spiro atoms. The van der Waals surface area contributed by atoms with E-state index >= 15 is 0 Å². The van der Waals surface area contributed by atoms with Crippen LogP contribution in [0.4, 0.5) is 11.4 Å². The van der Waals surface area contributed by atoms with Crippen LogP contribution in [-0.2, 0) is 0 Å². The van der Waals surface area contributed by atoms with Crippen molar-refractivity contribution in [1.82, 2.24) is 15.1 Å². The summed E-state index contributed by atoms with van der Waals surface area (Å²) >= 11 is 0. The third-order valence-corrected chi connectivity index (χ3v) is 3.21. The number of rotatable bonds is 5. The molecule has 3 rings (SSSR count). The molecule has 0 saturated carbocycles. The van der Waals surface area contributed by atoms with Gasteiger partial charge < -0.3 is 9.84 Å². The average molecular weight is 325 g/mol. The lowest BCUT2D eigenvalue weighted by atomic mass is 10.1. The summed E-state index contributed by atoms with van der Waals surface area (Å²) in [5.74, 6) is 0.535. The first-order valence-corrected chi connectivity index (χ1v) is 7.35. The third-order valence-electron chi connectivity index (χ3n) is 3.21. The summed E-state index contributed by atoms with van der Waals surface area (Å²) in [6, 6.07) is 10.2. The Hall–Kier alpha value is -3.29. The summed E-state index contributed by atoms with van der Waals surface area (Å²) in [4.78, 5) is 19.3. The van der Waals surface area contributed by atoms with E-state index in [0.717, 1.165) is 0 Å². The van der Waals surface area contributed by atoms with Gasteiger partial charge in [0.1, 0.15) is 11.4 Å². The quantitative estimate of drug-likeness (QED) is 0.564. The highest BCUT2D eigenvalue weighted by molar-refractivity contribution is 5.70. The lowest BCUT2D eigenvalue weighted by molar-refractivity contribution is -0.383. The first kappa shape index (κ1) is 15.6. The Kier molecular flexibility index (Phi) is 4.19. The molecule has 2 heterocycles. The van der Waals surface area contributed by atoms with Crippen molar-refractivity contribution in [3.63, 3.8) is 0 Å². The first-order valence-electron chi connectivity index (χ1n) is 7.35. The molecule has 0 aliphatic rings. The third kappa shape index (κ3) is 3.22. The number of anilines is 1. The van der Waals surface area contributed by atoms with Crippen molar-refractivity contribution in [2.75, 3.05) is 5.32 Å². The Morgan fingerprint density at radius 2 is 2.08 bits per heavy atom. The highest BCUT2D eigenvalue weighted by atomic mass is 16.6. The van der Waals surface area contributed by atoms with Gasteiger partial charge >= 0.3 is 0 Å². The molecule has 3 aromatic rings. The van der Waals surface area contributed by atoms with Gasteiger partial charge in [-0.1, -0.05) is 11.2 Å². The molecular weight excluding hydrogens is 310 g/mol. The minimum atomic E-state index is -0.440. The van der Waals surface area contributed by atoms with Gasteiger partial charge in [-0.3, -0.25) is 15.1 Å². The molecule has 1 aromatic carbocycles. The second kappa shape index (κ2) is 6.45. The second-order valence-electron chi connectivity index (χ2n) is 5.43. The second-order valence-corrected chi connectivity index (χ2v) is 5.43. The maximum Gasteiger partial charge on any atom is 0.293 e. The lowest BCUT2D eigenvalue weighted by Gasteiger charge is -2.10. The molecule has 0 fully saturated rings. The molecule has 24 heavy (non-hydrogen) atoms. The van der Waals surface area contributed by atoms with Gasteiger partial charge in [-0.15, -0.1) is 0 Å². The number of hydrogen-bond donors (Lipinski definition) is 1. The van der Waals surface area contributed by atoms with Crippen LogP contribution < -0.4 is 5.32 Å². The molecule has 0 unspecified atom stereocenters. The Balaban J connectivity index is 1.97. The molecule has 8 heteroatoms. The molecule has 122 valence electrons. The normalized spacial score (nSPS) is 10.8. The number of nitro groups is 1. The molecule has 0 bridgehead atoms. The van der Waals surface area contributed by atoms with Crippen LogP contribution in [0.5, 0.6) is 0 Å². The number of nitrogens with one attached hydrogen (secondary N) is 1. The monoisotopic (exact) mass is 325 g/mol. The van der Waals surface area contributed by atoms with Crippen molar-refractivity contribution >= 4 is 11.4 Å². The van der Waals surface area contributed by atoms with Crippen LogP contribution in [0.1, 0.15) is 13.8 Å². The van der Waals surface area contributed by atoms with Crippen molar-refractivity contribution in [2.45, 2.75) is 19.9 Å². The van der Waals surface area contributed by atoms with Crippen LogP contribution in [0, 0.1) is 10.1 Å². The van der Waals surface area contributed by atoms with Crippen LogP contribution in [0.25, 0.3) is 23.0 Å². The first-order chi connectivity index (χ1) is 11.5. The SMILES string of the molecule is CC(C)Nc1ccc(-c2nc(-c3ccccn3)no2)cc1[N+](=O)[O-]. The Bertz CT molecular complexity index is 861. The van der Waals surface area contributed by atoms with Gasteiger partial charge in [0.15, 0.2) is 0 Å². The zero-order valence-electron chi connectivity index (χ0n) is 13.1. The molecule has 2 aromatic heterocycles. The molecule has 0 saturated heterocycles. The van der Waals surface area contributed by atoms with Crippen LogP contribution >= 0.6 is 0 Å². The smallest absolute Gasteiger partial charge is 0.293 e. The summed E-state index contributed by atoms with van der Waals surface area (Å²) < 4.78 is 5.22. The van der Waals surface area contributed by atoms with E-state index in [1.165, 1.54) is 6.07 Å². The number of nitro benzene ring substituents is 1. The molecule has 0 aliphatic carbocycles. The minimum Gasteiger partial charge on any atom is -0.377 e. The van der Waals surface area contributed by atoms with Gasteiger partial charge in [0, 0.05) is 23.9 Å². The fraction of sp³-hybridized carbons (Fsp3) is 0.188. The maximum absolute atomic E-state index is 11.3. The van der Waals surface area contributed by atoms with Crippen molar-refractivity contribution in [3.05, 3.63) is 52.7 Å². The van der Waals surface area contributed by atoms with E-state index in [1.807, 2.05) is 19.9 Å². The lowest BCUT2D eigenvalue weighted by Crippen LogP contribution is -2.11. The van der Waals surface area contributed by atoms with E-state index in [4.69, 9.17) is 4.52 Å². The molecular formula is C16H15N5O3. The van der Waals surface area contributed by atoms with Crippen molar-refractivity contribution < 1.29 is 9.45 Å². The van der Waals surface area contributed by atoms with Crippen LogP contribution in [0.3, 0.4) is 0 Å². The molecule has 8 nitrogen and oxygen atoms in total. The van der Waals surface area contributed by atoms with Crippen molar-refractivity contribution in [3.8, 4) is 23.0 Å². The predicted molar refractivity (Wildman–Crippen MR) is 88.4 cm³/mol. The molecule has 0 atom stereocenters. The van der Waals surface area contributed by atoms with E-state index in [2.05, 4.69) is 20.4 Å². The van der Waals surface area contributed by atoms with E-state index in [9.17, 15) is 10.1 Å². The van der Waals surface area contributed by atoms with Crippen LogP contribution in [0.2, 0.25) is 0 Å². The molecule has 0 amide bonds. The van der Waals surface area contributed by atoms with Crippen LogP contribution in [0.15, 0.2) is 47.1 Å². The maximum atomic E-state index is 11.3. The fourth-order valence-electron chi connectivity index (χ4n) is 2.19. The topological polar surface area (TPSA) is 107 Å². The zero-order valence-corrected chi connectivity index (χ0v) is 13.1. The van der Waals surface area contributed by atoms with Crippen molar-refractivity contribution in [1.29, 1.82) is 0 Å². The number of hydrogen-bond acceptors (Lipinski definition) is 7. The molecule has 0 radical (unpaired) electrons. The Morgan fingerprint density at radius 1 is 1.25 bits per heavy atom. The summed E-state index contributed by atoms with van der Waals surface area (Å²) in [5.41, 5.74) is 1.45. The number of benzene rings is 1. The average Bonchev–Trinajstić information content (AvgIpc) is 3.05. The Morgan fingerprint density at radius 3 is 2.75 bits per heavy atom. The molecule has 0 aliphatic heterocycles. The number of pyridine rings is 1. The predicted octanol–water partition coefficient (Wildman–Crippen LogP) is 3.53. The highest BCUT2D eigenvalue weighted by Crippen LogP contribution is 2.31. The summed E-state index contributed by atoms with van der Waals surface area (Å²) in [7, 11) is 0. The number of nitrogens with zero attached hydrogens (tertiary/aromatic N) is 4. The number of aromatic nitrogens is 3. The van der Waals surface area contributed by atoms with Gasteiger partial charge in [-0.2, -0.15) is 4.98 Å². The van der Waals surface area contributed by atoms with E-state index in [1.54, 1.807) is 30.5 Å².